The van der Waals surface area contributed by atoms with Crippen LogP contribution in [0.1, 0.15) is 5.56 Å². The fourth-order valence-electron chi connectivity index (χ4n) is 1.08. The second-order valence-corrected chi connectivity index (χ2v) is 4.24. The van der Waals surface area contributed by atoms with E-state index in [1.165, 1.54) is 12.1 Å². The number of benzene rings is 1. The van der Waals surface area contributed by atoms with Crippen molar-refractivity contribution in [2.45, 2.75) is 6.18 Å². The van der Waals surface area contributed by atoms with Crippen molar-refractivity contribution in [3.63, 3.8) is 0 Å². The van der Waals surface area contributed by atoms with Gasteiger partial charge in [0.05, 0.1) is 11.3 Å². The summed E-state index contributed by atoms with van der Waals surface area (Å²) in [5.41, 5.74) is 6.00. The lowest BCUT2D eigenvalue weighted by Crippen LogP contribution is -2.21. The van der Waals surface area contributed by atoms with Gasteiger partial charge in [-0.1, -0.05) is 15.9 Å². The Bertz CT molecular complexity index is 574. The number of nitrogens with one attached hydrogen (secondary N) is 2. The molecule has 0 amide bonds. The smallest absolute Gasteiger partial charge is 0.382 e. The lowest BCUT2D eigenvalue weighted by atomic mass is 10.2. The first-order valence-corrected chi connectivity index (χ1v) is 5.49. The van der Waals surface area contributed by atoms with Gasteiger partial charge in [-0.05, 0) is 18.2 Å². The normalized spacial score (nSPS) is 11.8. The Morgan fingerprint density at radius 1 is 1.42 bits per heavy atom. The summed E-state index contributed by atoms with van der Waals surface area (Å²) in [6, 6.07) is 4.61. The third-order valence-electron chi connectivity index (χ3n) is 1.88. The maximum atomic E-state index is 12.6. The van der Waals surface area contributed by atoms with Crippen LogP contribution in [-0.2, 0) is 6.18 Å². The molecule has 100 valence electrons. The Morgan fingerprint density at radius 2 is 2.05 bits per heavy atom. The molecule has 0 fully saturated rings. The van der Waals surface area contributed by atoms with Crippen molar-refractivity contribution in [3.05, 3.63) is 28.2 Å². The quantitative estimate of drug-likeness (QED) is 0.450. The van der Waals surface area contributed by atoms with E-state index in [0.717, 1.165) is 12.1 Å². The van der Waals surface area contributed by atoms with Crippen molar-refractivity contribution in [1.82, 2.24) is 0 Å². The number of amidine groups is 1. The van der Waals surface area contributed by atoms with Gasteiger partial charge in [0.25, 0.3) is 0 Å². The summed E-state index contributed by atoms with van der Waals surface area (Å²) in [5, 5.41) is 19.0. The SMILES string of the molecule is N#C/C(=N\Nc1cc(Br)cc(C(F)(F)F)c1)C(=N)N. The average Bonchev–Trinajstić information content (AvgIpc) is 2.27. The molecule has 1 rings (SSSR count). The summed E-state index contributed by atoms with van der Waals surface area (Å²) in [4.78, 5) is 0. The molecule has 0 spiro atoms. The molecule has 1 aromatic carbocycles. The summed E-state index contributed by atoms with van der Waals surface area (Å²) in [6.45, 7) is 0. The second kappa shape index (κ2) is 5.71. The van der Waals surface area contributed by atoms with Crippen molar-refractivity contribution in [2.75, 3.05) is 5.43 Å². The van der Waals surface area contributed by atoms with Crippen LogP contribution in [0.3, 0.4) is 0 Å². The predicted molar refractivity (Wildman–Crippen MR) is 67.7 cm³/mol. The lowest BCUT2D eigenvalue weighted by molar-refractivity contribution is -0.137. The summed E-state index contributed by atoms with van der Waals surface area (Å²) in [7, 11) is 0. The van der Waals surface area contributed by atoms with Crippen LogP contribution in [0.15, 0.2) is 27.8 Å². The molecule has 19 heavy (non-hydrogen) atoms. The largest absolute Gasteiger partial charge is 0.416 e. The van der Waals surface area contributed by atoms with Gasteiger partial charge in [0.2, 0.25) is 5.71 Å². The number of nitriles is 1. The highest BCUT2D eigenvalue weighted by Gasteiger charge is 2.31. The maximum Gasteiger partial charge on any atom is 0.416 e. The number of nitrogens with zero attached hydrogens (tertiary/aromatic N) is 2. The Hall–Kier alpha value is -2.08. The Kier molecular flexibility index (Phi) is 4.50. The highest BCUT2D eigenvalue weighted by atomic mass is 79.9. The van der Waals surface area contributed by atoms with Crippen LogP contribution >= 0.6 is 15.9 Å². The van der Waals surface area contributed by atoms with Crippen molar-refractivity contribution in [2.24, 2.45) is 10.8 Å². The minimum atomic E-state index is -4.50. The van der Waals surface area contributed by atoms with Gasteiger partial charge in [-0.15, -0.1) is 0 Å². The average molecular weight is 334 g/mol. The van der Waals surface area contributed by atoms with Crippen molar-refractivity contribution in [3.8, 4) is 6.07 Å². The number of nitrogens with two attached hydrogens (primary N) is 1. The van der Waals surface area contributed by atoms with Crippen molar-refractivity contribution >= 4 is 33.2 Å². The molecule has 0 aliphatic rings. The van der Waals surface area contributed by atoms with Crippen LogP contribution in [0.2, 0.25) is 0 Å². The zero-order valence-electron chi connectivity index (χ0n) is 9.22. The van der Waals surface area contributed by atoms with E-state index >= 15 is 0 Å². The number of anilines is 1. The highest BCUT2D eigenvalue weighted by Crippen LogP contribution is 2.33. The monoisotopic (exact) mass is 333 g/mol. The number of hydrazone groups is 1. The van der Waals surface area contributed by atoms with Gasteiger partial charge in [-0.25, -0.2) is 0 Å². The van der Waals surface area contributed by atoms with Crippen LogP contribution in [0.4, 0.5) is 18.9 Å². The van der Waals surface area contributed by atoms with E-state index in [0.29, 0.717) is 0 Å². The molecule has 0 unspecified atom stereocenters. The fraction of sp³-hybridized carbons (Fsp3) is 0.100. The zero-order valence-corrected chi connectivity index (χ0v) is 10.8. The lowest BCUT2D eigenvalue weighted by Gasteiger charge is -2.09. The van der Waals surface area contributed by atoms with Crippen LogP contribution in [0.5, 0.6) is 0 Å². The van der Waals surface area contributed by atoms with Gasteiger partial charge in [-0.2, -0.15) is 23.5 Å². The van der Waals surface area contributed by atoms with Gasteiger partial charge in [0, 0.05) is 4.47 Å². The minimum absolute atomic E-state index is 0.00991. The molecule has 5 nitrogen and oxygen atoms in total. The standard InChI is InChI=1S/C10H7BrF3N5/c11-6-1-5(10(12,13)14)2-7(3-6)18-19-8(4-15)9(16)17/h1-3,18H,(H3,16,17)/b19-8+. The van der Waals surface area contributed by atoms with Gasteiger partial charge >= 0.3 is 6.18 Å². The number of halogens is 4. The molecule has 0 bridgehead atoms. The molecule has 0 radical (unpaired) electrons. The molecule has 0 aromatic heterocycles. The molecule has 9 heteroatoms. The molecule has 0 heterocycles. The van der Waals surface area contributed by atoms with E-state index in [4.69, 9.17) is 16.4 Å². The zero-order chi connectivity index (χ0) is 14.6. The van der Waals surface area contributed by atoms with E-state index in [1.807, 2.05) is 0 Å². The minimum Gasteiger partial charge on any atom is -0.382 e. The summed E-state index contributed by atoms with van der Waals surface area (Å²) in [6.07, 6.45) is -4.50. The summed E-state index contributed by atoms with van der Waals surface area (Å²) < 4.78 is 37.8. The molecule has 0 aliphatic heterocycles. The van der Waals surface area contributed by atoms with E-state index in [-0.39, 0.29) is 10.2 Å². The van der Waals surface area contributed by atoms with E-state index in [1.54, 1.807) is 0 Å². The molecular formula is C10H7BrF3N5. The maximum absolute atomic E-state index is 12.6. The molecule has 0 aliphatic carbocycles. The Morgan fingerprint density at radius 3 is 2.53 bits per heavy atom. The summed E-state index contributed by atoms with van der Waals surface area (Å²) in [5.74, 6) is -0.582. The molecule has 4 N–H and O–H groups in total. The van der Waals surface area contributed by atoms with Gasteiger partial charge in [0.15, 0.2) is 5.84 Å². The van der Waals surface area contributed by atoms with Gasteiger partial charge < -0.3 is 5.73 Å². The Balaban J connectivity index is 3.07. The van der Waals surface area contributed by atoms with E-state index in [2.05, 4.69) is 26.5 Å². The summed E-state index contributed by atoms with van der Waals surface area (Å²) >= 11 is 2.94. The number of hydrogen-bond donors (Lipinski definition) is 3. The van der Waals surface area contributed by atoms with Crippen LogP contribution in [0, 0.1) is 16.7 Å². The number of hydrogen-bond acceptors (Lipinski definition) is 4. The van der Waals surface area contributed by atoms with Gasteiger partial charge in [-0.3, -0.25) is 10.8 Å². The first-order valence-electron chi connectivity index (χ1n) is 4.70. The molecule has 1 aromatic rings. The predicted octanol–water partition coefficient (Wildman–Crippen LogP) is 2.70. The molecule has 0 saturated carbocycles. The topological polar surface area (TPSA) is 98.0 Å². The van der Waals surface area contributed by atoms with Crippen LogP contribution in [0.25, 0.3) is 0 Å². The van der Waals surface area contributed by atoms with Crippen LogP contribution in [-0.4, -0.2) is 11.5 Å². The fourth-order valence-corrected chi connectivity index (χ4v) is 1.58. The Labute approximate surface area is 114 Å². The molecule has 0 atom stereocenters. The van der Waals surface area contributed by atoms with Crippen molar-refractivity contribution < 1.29 is 13.2 Å². The third kappa shape index (κ3) is 4.26. The first kappa shape index (κ1) is 15.0. The number of rotatable bonds is 3. The molecule has 0 saturated heterocycles. The van der Waals surface area contributed by atoms with Crippen molar-refractivity contribution in [1.29, 1.82) is 10.7 Å². The van der Waals surface area contributed by atoms with E-state index in [9.17, 15) is 13.2 Å². The molecular weight excluding hydrogens is 327 g/mol. The third-order valence-corrected chi connectivity index (χ3v) is 2.34. The number of alkyl halides is 3. The second-order valence-electron chi connectivity index (χ2n) is 3.32. The van der Waals surface area contributed by atoms with Crippen LogP contribution < -0.4 is 11.2 Å². The van der Waals surface area contributed by atoms with E-state index < -0.39 is 23.3 Å². The highest BCUT2D eigenvalue weighted by molar-refractivity contribution is 9.10. The van der Waals surface area contributed by atoms with Gasteiger partial charge in [0.1, 0.15) is 6.07 Å². The first-order chi connectivity index (χ1) is 8.74.